The Hall–Kier alpha value is -2.01. The molecule has 0 fully saturated rings. The number of benzene rings is 2. The molecule has 0 amide bonds. The number of hydrogen-bond donors (Lipinski definition) is 2. The number of aromatic nitrogens is 2. The molecule has 0 aliphatic heterocycles. The van der Waals surface area contributed by atoms with Crippen LogP contribution < -0.4 is 5.73 Å². The lowest BCUT2D eigenvalue weighted by atomic mass is 10.2. The maximum atomic E-state index is 13.7. The van der Waals surface area contributed by atoms with E-state index in [1.807, 2.05) is 25.1 Å². The summed E-state index contributed by atoms with van der Waals surface area (Å²) in [6, 6.07) is 10.6. The van der Waals surface area contributed by atoms with Crippen LogP contribution >= 0.6 is 11.8 Å². The van der Waals surface area contributed by atoms with Crippen molar-refractivity contribution in [3.8, 4) is 0 Å². The smallest absolute Gasteiger partial charge is 0.171 e. The summed E-state index contributed by atoms with van der Waals surface area (Å²) in [7, 11) is 0. The average Bonchev–Trinajstić information content (AvgIpc) is 2.74. The van der Waals surface area contributed by atoms with Crippen LogP contribution in [0.5, 0.6) is 0 Å². The maximum Gasteiger partial charge on any atom is 0.171 e. The van der Waals surface area contributed by atoms with Gasteiger partial charge < -0.3 is 10.7 Å². The van der Waals surface area contributed by atoms with Crippen LogP contribution in [0.1, 0.15) is 5.56 Å². The molecule has 1 heterocycles. The zero-order chi connectivity index (χ0) is 13.4. The number of H-pyrrole nitrogens is 1. The standard InChI is InChI=1S/C14H12FN3S/c1-8-2-4-11-12(6-8)18-14(17-11)19-13-5-3-9(16)7-10(13)15/h2-7H,16H2,1H3,(H,17,18). The summed E-state index contributed by atoms with van der Waals surface area (Å²) in [5.74, 6) is -0.332. The summed E-state index contributed by atoms with van der Waals surface area (Å²) in [4.78, 5) is 8.11. The molecule has 0 bridgehead atoms. The topological polar surface area (TPSA) is 54.7 Å². The second-order valence-corrected chi connectivity index (χ2v) is 5.39. The van der Waals surface area contributed by atoms with Gasteiger partial charge >= 0.3 is 0 Å². The highest BCUT2D eigenvalue weighted by Crippen LogP contribution is 2.30. The minimum atomic E-state index is -0.332. The fourth-order valence-electron chi connectivity index (χ4n) is 1.85. The normalized spacial score (nSPS) is 11.1. The van der Waals surface area contributed by atoms with E-state index in [0.29, 0.717) is 15.7 Å². The van der Waals surface area contributed by atoms with Crippen molar-refractivity contribution in [3.63, 3.8) is 0 Å². The number of nitrogens with two attached hydrogens (primary N) is 1. The predicted octanol–water partition coefficient (Wildman–Crippen LogP) is 3.74. The quantitative estimate of drug-likeness (QED) is 0.699. The summed E-state index contributed by atoms with van der Waals surface area (Å²) in [6.07, 6.45) is 0. The van der Waals surface area contributed by atoms with E-state index < -0.39 is 0 Å². The number of nitrogens with zero attached hydrogens (tertiary/aromatic N) is 1. The van der Waals surface area contributed by atoms with Crippen LogP contribution in [0.2, 0.25) is 0 Å². The van der Waals surface area contributed by atoms with Gasteiger partial charge in [0.25, 0.3) is 0 Å². The number of rotatable bonds is 2. The molecule has 0 saturated carbocycles. The van der Waals surface area contributed by atoms with E-state index in [1.165, 1.54) is 17.8 Å². The Morgan fingerprint density at radius 1 is 1.21 bits per heavy atom. The van der Waals surface area contributed by atoms with Gasteiger partial charge in [0.05, 0.1) is 15.9 Å². The lowest BCUT2D eigenvalue weighted by Crippen LogP contribution is -1.88. The third-order valence-electron chi connectivity index (χ3n) is 2.78. The van der Waals surface area contributed by atoms with Crippen molar-refractivity contribution in [2.45, 2.75) is 17.0 Å². The Labute approximate surface area is 114 Å². The molecule has 0 aliphatic rings. The average molecular weight is 273 g/mol. The number of imidazole rings is 1. The number of nitrogen functional groups attached to an aromatic ring is 1. The highest BCUT2D eigenvalue weighted by molar-refractivity contribution is 7.99. The molecule has 0 spiro atoms. The van der Waals surface area contributed by atoms with Crippen molar-refractivity contribution < 1.29 is 4.39 Å². The molecule has 96 valence electrons. The summed E-state index contributed by atoms with van der Waals surface area (Å²) < 4.78 is 13.7. The van der Waals surface area contributed by atoms with E-state index in [1.54, 1.807) is 12.1 Å². The third-order valence-corrected chi connectivity index (χ3v) is 3.72. The zero-order valence-electron chi connectivity index (χ0n) is 10.3. The summed E-state index contributed by atoms with van der Waals surface area (Å²) in [6.45, 7) is 2.02. The summed E-state index contributed by atoms with van der Waals surface area (Å²) in [5, 5.41) is 0.671. The Balaban J connectivity index is 1.96. The molecule has 0 radical (unpaired) electrons. The molecule has 0 saturated heterocycles. The lowest BCUT2D eigenvalue weighted by Gasteiger charge is -2.00. The highest BCUT2D eigenvalue weighted by atomic mass is 32.2. The Morgan fingerprint density at radius 2 is 2.05 bits per heavy atom. The second kappa shape index (κ2) is 4.59. The number of halogens is 1. The number of nitrogens with one attached hydrogen (secondary N) is 1. The van der Waals surface area contributed by atoms with Crippen LogP contribution in [0.4, 0.5) is 10.1 Å². The first kappa shape index (κ1) is 12.0. The minimum Gasteiger partial charge on any atom is -0.399 e. The zero-order valence-corrected chi connectivity index (χ0v) is 11.1. The molecule has 0 atom stereocenters. The number of hydrogen-bond acceptors (Lipinski definition) is 3. The van der Waals surface area contributed by atoms with Gasteiger partial charge in [0.1, 0.15) is 5.82 Å². The van der Waals surface area contributed by atoms with Crippen LogP contribution in [0.25, 0.3) is 11.0 Å². The van der Waals surface area contributed by atoms with Crippen molar-refractivity contribution in [1.29, 1.82) is 0 Å². The summed E-state index contributed by atoms with van der Waals surface area (Å²) >= 11 is 1.26. The van der Waals surface area contributed by atoms with E-state index in [2.05, 4.69) is 9.97 Å². The van der Waals surface area contributed by atoms with Gasteiger partial charge in [-0.2, -0.15) is 0 Å². The van der Waals surface area contributed by atoms with E-state index in [-0.39, 0.29) is 5.82 Å². The van der Waals surface area contributed by atoms with E-state index in [4.69, 9.17) is 5.73 Å². The van der Waals surface area contributed by atoms with Gasteiger partial charge in [0, 0.05) is 5.69 Å². The van der Waals surface area contributed by atoms with Crippen LogP contribution in [-0.4, -0.2) is 9.97 Å². The molecule has 3 aromatic rings. The molecule has 2 aromatic carbocycles. The highest BCUT2D eigenvalue weighted by Gasteiger charge is 2.08. The van der Waals surface area contributed by atoms with Gasteiger partial charge in [0.2, 0.25) is 0 Å². The predicted molar refractivity (Wildman–Crippen MR) is 75.8 cm³/mol. The third kappa shape index (κ3) is 2.42. The number of fused-ring (bicyclic) bond motifs is 1. The first-order valence-corrected chi connectivity index (χ1v) is 6.63. The van der Waals surface area contributed by atoms with Gasteiger partial charge in [-0.3, -0.25) is 0 Å². The van der Waals surface area contributed by atoms with Crippen molar-refractivity contribution in [2.24, 2.45) is 0 Å². The molecule has 19 heavy (non-hydrogen) atoms. The van der Waals surface area contributed by atoms with Crippen molar-refractivity contribution >= 4 is 28.5 Å². The van der Waals surface area contributed by atoms with Crippen LogP contribution in [-0.2, 0) is 0 Å². The van der Waals surface area contributed by atoms with Gasteiger partial charge in [-0.1, -0.05) is 6.07 Å². The monoisotopic (exact) mass is 273 g/mol. The van der Waals surface area contributed by atoms with Crippen LogP contribution in [0, 0.1) is 12.7 Å². The van der Waals surface area contributed by atoms with E-state index in [0.717, 1.165) is 16.6 Å². The number of aromatic amines is 1. The summed E-state index contributed by atoms with van der Waals surface area (Å²) in [5.41, 5.74) is 8.94. The first-order chi connectivity index (χ1) is 9.11. The van der Waals surface area contributed by atoms with E-state index in [9.17, 15) is 4.39 Å². The van der Waals surface area contributed by atoms with Crippen molar-refractivity contribution in [1.82, 2.24) is 9.97 Å². The molecule has 3 nitrogen and oxygen atoms in total. The van der Waals surface area contributed by atoms with Crippen LogP contribution in [0.15, 0.2) is 46.5 Å². The van der Waals surface area contributed by atoms with Gasteiger partial charge in [-0.25, -0.2) is 9.37 Å². The second-order valence-electron chi connectivity index (χ2n) is 4.35. The molecular weight excluding hydrogens is 261 g/mol. The van der Waals surface area contributed by atoms with Crippen molar-refractivity contribution in [2.75, 3.05) is 5.73 Å². The van der Waals surface area contributed by atoms with Gasteiger partial charge in [-0.05, 0) is 54.6 Å². The number of aryl methyl sites for hydroxylation is 1. The molecule has 3 rings (SSSR count). The maximum absolute atomic E-state index is 13.7. The largest absolute Gasteiger partial charge is 0.399 e. The Kier molecular flexibility index (Phi) is 2.91. The molecule has 0 aliphatic carbocycles. The molecule has 0 unspecified atom stereocenters. The molecular formula is C14H12FN3S. The fraction of sp³-hybridized carbons (Fsp3) is 0.0714. The Morgan fingerprint density at radius 3 is 2.84 bits per heavy atom. The molecule has 5 heteroatoms. The first-order valence-electron chi connectivity index (χ1n) is 5.81. The van der Waals surface area contributed by atoms with Crippen LogP contribution in [0.3, 0.4) is 0 Å². The molecule has 1 aromatic heterocycles. The Bertz CT molecular complexity index is 752. The lowest BCUT2D eigenvalue weighted by molar-refractivity contribution is 0.602. The number of anilines is 1. The van der Waals surface area contributed by atoms with E-state index >= 15 is 0 Å². The van der Waals surface area contributed by atoms with Gasteiger partial charge in [-0.15, -0.1) is 0 Å². The van der Waals surface area contributed by atoms with Gasteiger partial charge in [0.15, 0.2) is 5.16 Å². The molecule has 3 N–H and O–H groups in total. The minimum absolute atomic E-state index is 0.332. The van der Waals surface area contributed by atoms with Crippen molar-refractivity contribution in [3.05, 3.63) is 47.8 Å². The SMILES string of the molecule is Cc1ccc2nc(Sc3ccc(N)cc3F)[nH]c2c1. The fourth-order valence-corrected chi connectivity index (χ4v) is 2.66.